The van der Waals surface area contributed by atoms with Gasteiger partial charge in [0.05, 0.1) is 6.10 Å². The van der Waals surface area contributed by atoms with Crippen molar-refractivity contribution in [1.82, 2.24) is 9.97 Å². The van der Waals surface area contributed by atoms with E-state index >= 15 is 0 Å². The van der Waals surface area contributed by atoms with E-state index < -0.39 is 0 Å². The molecule has 1 fully saturated rings. The summed E-state index contributed by atoms with van der Waals surface area (Å²) in [5, 5.41) is 12.5. The van der Waals surface area contributed by atoms with Crippen LogP contribution in [0.15, 0.2) is 6.07 Å². The lowest BCUT2D eigenvalue weighted by Crippen LogP contribution is -2.28. The lowest BCUT2D eigenvalue weighted by atomic mass is 10.3. The Morgan fingerprint density at radius 2 is 2.24 bits per heavy atom. The summed E-state index contributed by atoms with van der Waals surface area (Å²) in [4.78, 5) is 11.0. The van der Waals surface area contributed by atoms with Crippen molar-refractivity contribution >= 4 is 11.6 Å². The maximum atomic E-state index is 9.40. The Labute approximate surface area is 102 Å². The van der Waals surface area contributed by atoms with Gasteiger partial charge in [0.25, 0.3) is 0 Å². The number of nitrogens with one attached hydrogen (secondary N) is 1. The molecule has 1 unspecified atom stereocenters. The van der Waals surface area contributed by atoms with Crippen LogP contribution in [-0.4, -0.2) is 41.8 Å². The molecule has 1 heterocycles. The molecule has 0 aliphatic heterocycles. The fourth-order valence-corrected chi connectivity index (χ4v) is 1.79. The van der Waals surface area contributed by atoms with E-state index in [1.54, 1.807) is 6.92 Å². The first-order chi connectivity index (χ1) is 8.10. The van der Waals surface area contributed by atoms with Crippen LogP contribution in [0.1, 0.15) is 31.5 Å². The summed E-state index contributed by atoms with van der Waals surface area (Å²) in [5.74, 6) is 3.16. The number of anilines is 2. The van der Waals surface area contributed by atoms with Gasteiger partial charge in [-0.05, 0) is 19.8 Å². The molecule has 1 saturated carbocycles. The largest absolute Gasteiger partial charge is 0.392 e. The van der Waals surface area contributed by atoms with Gasteiger partial charge in [0.15, 0.2) is 0 Å². The molecule has 0 radical (unpaired) electrons. The number of hydrogen-bond donors (Lipinski definition) is 2. The van der Waals surface area contributed by atoms with Gasteiger partial charge in [-0.3, -0.25) is 0 Å². The number of likely N-dealkylation sites (N-methyl/N-ethyl adjacent to an activating group) is 1. The minimum atomic E-state index is -0.364. The van der Waals surface area contributed by atoms with Crippen LogP contribution in [0.25, 0.3) is 0 Å². The van der Waals surface area contributed by atoms with E-state index in [1.807, 2.05) is 25.1 Å². The number of nitrogens with zero attached hydrogens (tertiary/aromatic N) is 3. The Morgan fingerprint density at radius 1 is 1.53 bits per heavy atom. The van der Waals surface area contributed by atoms with Crippen molar-refractivity contribution in [2.45, 2.75) is 31.8 Å². The molecule has 5 nitrogen and oxygen atoms in total. The van der Waals surface area contributed by atoms with Crippen molar-refractivity contribution in [1.29, 1.82) is 0 Å². The molecule has 1 aliphatic rings. The molecule has 1 aliphatic carbocycles. The van der Waals surface area contributed by atoms with Gasteiger partial charge in [-0.2, -0.15) is 0 Å². The number of aromatic nitrogens is 2. The third-order valence-electron chi connectivity index (χ3n) is 2.86. The van der Waals surface area contributed by atoms with E-state index in [1.165, 1.54) is 12.8 Å². The minimum absolute atomic E-state index is 0.364. The van der Waals surface area contributed by atoms with Crippen LogP contribution in [-0.2, 0) is 0 Å². The predicted octanol–water partition coefficient (Wildman–Crippen LogP) is 1.21. The maximum absolute atomic E-state index is 9.40. The van der Waals surface area contributed by atoms with E-state index in [-0.39, 0.29) is 6.10 Å². The molecular formula is C12H20N4O. The van der Waals surface area contributed by atoms with Gasteiger partial charge >= 0.3 is 0 Å². The first-order valence-corrected chi connectivity index (χ1v) is 6.06. The predicted molar refractivity (Wildman–Crippen MR) is 68.5 cm³/mol. The Morgan fingerprint density at radius 3 is 2.76 bits per heavy atom. The van der Waals surface area contributed by atoms with E-state index in [9.17, 15) is 5.11 Å². The van der Waals surface area contributed by atoms with E-state index in [4.69, 9.17) is 0 Å². The van der Waals surface area contributed by atoms with Crippen LogP contribution < -0.4 is 10.2 Å². The summed E-state index contributed by atoms with van der Waals surface area (Å²) in [7, 11) is 3.79. The molecule has 0 bridgehead atoms. The van der Waals surface area contributed by atoms with Crippen molar-refractivity contribution in [3.63, 3.8) is 0 Å². The summed E-state index contributed by atoms with van der Waals surface area (Å²) >= 11 is 0. The second-order valence-corrected chi connectivity index (χ2v) is 4.72. The average molecular weight is 236 g/mol. The van der Waals surface area contributed by atoms with Crippen molar-refractivity contribution < 1.29 is 5.11 Å². The molecule has 0 aromatic carbocycles. The standard InChI is InChI=1S/C12H20N4O/c1-8(17)7-16(3)11-6-10(13-2)14-12(15-11)9-4-5-9/h6,8-9,17H,4-5,7H2,1-3H3,(H,13,14,15). The van der Waals surface area contributed by atoms with E-state index in [0.29, 0.717) is 12.5 Å². The Kier molecular flexibility index (Phi) is 3.47. The second kappa shape index (κ2) is 4.87. The van der Waals surface area contributed by atoms with Crippen molar-refractivity contribution in [2.75, 3.05) is 30.9 Å². The zero-order chi connectivity index (χ0) is 12.4. The molecule has 0 spiro atoms. The topological polar surface area (TPSA) is 61.3 Å². The van der Waals surface area contributed by atoms with Crippen LogP contribution in [0.3, 0.4) is 0 Å². The summed E-state index contributed by atoms with van der Waals surface area (Å²) < 4.78 is 0. The highest BCUT2D eigenvalue weighted by Gasteiger charge is 2.27. The SMILES string of the molecule is CNc1cc(N(C)CC(C)O)nc(C2CC2)n1. The normalized spacial score (nSPS) is 16.7. The molecule has 2 N–H and O–H groups in total. The van der Waals surface area contributed by atoms with Crippen LogP contribution in [0.5, 0.6) is 0 Å². The molecule has 1 aromatic rings. The number of aliphatic hydroxyl groups excluding tert-OH is 1. The number of hydrogen-bond acceptors (Lipinski definition) is 5. The fourth-order valence-electron chi connectivity index (χ4n) is 1.79. The van der Waals surface area contributed by atoms with Crippen molar-refractivity contribution in [3.05, 3.63) is 11.9 Å². The lowest BCUT2D eigenvalue weighted by Gasteiger charge is -2.20. The van der Waals surface area contributed by atoms with Crippen molar-refractivity contribution in [2.24, 2.45) is 0 Å². The van der Waals surface area contributed by atoms with E-state index in [0.717, 1.165) is 17.5 Å². The highest BCUT2D eigenvalue weighted by Crippen LogP contribution is 2.39. The quantitative estimate of drug-likeness (QED) is 0.804. The van der Waals surface area contributed by atoms with Crippen LogP contribution >= 0.6 is 0 Å². The zero-order valence-electron chi connectivity index (χ0n) is 10.6. The fraction of sp³-hybridized carbons (Fsp3) is 0.667. The number of rotatable bonds is 5. The molecular weight excluding hydrogens is 216 g/mol. The molecule has 2 rings (SSSR count). The first-order valence-electron chi connectivity index (χ1n) is 6.06. The summed E-state index contributed by atoms with van der Waals surface area (Å²) in [6, 6.07) is 1.91. The summed E-state index contributed by atoms with van der Waals surface area (Å²) in [6.07, 6.45) is 2.01. The highest BCUT2D eigenvalue weighted by molar-refractivity contribution is 5.49. The Bertz CT molecular complexity index is 390. The molecule has 1 atom stereocenters. The van der Waals surface area contributed by atoms with Crippen molar-refractivity contribution in [3.8, 4) is 0 Å². The smallest absolute Gasteiger partial charge is 0.136 e. The molecule has 5 heteroatoms. The zero-order valence-corrected chi connectivity index (χ0v) is 10.6. The van der Waals surface area contributed by atoms with Gasteiger partial charge in [-0.25, -0.2) is 9.97 Å². The molecule has 17 heavy (non-hydrogen) atoms. The van der Waals surface area contributed by atoms with Crippen LogP contribution in [0, 0.1) is 0 Å². The number of aliphatic hydroxyl groups is 1. The summed E-state index contributed by atoms with van der Waals surface area (Å²) in [5.41, 5.74) is 0. The summed E-state index contributed by atoms with van der Waals surface area (Å²) in [6.45, 7) is 2.35. The van der Waals surface area contributed by atoms with Gasteiger partial charge in [-0.15, -0.1) is 0 Å². The lowest BCUT2D eigenvalue weighted by molar-refractivity contribution is 0.201. The molecule has 0 amide bonds. The monoisotopic (exact) mass is 236 g/mol. The van der Waals surface area contributed by atoms with Gasteiger partial charge in [0, 0.05) is 32.6 Å². The highest BCUT2D eigenvalue weighted by atomic mass is 16.3. The van der Waals surface area contributed by atoms with Gasteiger partial charge < -0.3 is 15.3 Å². The van der Waals surface area contributed by atoms with E-state index in [2.05, 4.69) is 15.3 Å². The maximum Gasteiger partial charge on any atom is 0.136 e. The van der Waals surface area contributed by atoms with Crippen LogP contribution in [0.4, 0.5) is 11.6 Å². The van der Waals surface area contributed by atoms with Gasteiger partial charge in [0.1, 0.15) is 17.5 Å². The molecule has 1 aromatic heterocycles. The molecule has 0 saturated heterocycles. The average Bonchev–Trinajstić information content (AvgIpc) is 3.11. The Balaban J connectivity index is 2.22. The van der Waals surface area contributed by atoms with Gasteiger partial charge in [0.2, 0.25) is 0 Å². The third-order valence-corrected chi connectivity index (χ3v) is 2.86. The van der Waals surface area contributed by atoms with Crippen LogP contribution in [0.2, 0.25) is 0 Å². The first kappa shape index (κ1) is 12.1. The molecule has 94 valence electrons. The van der Waals surface area contributed by atoms with Gasteiger partial charge in [-0.1, -0.05) is 0 Å². The minimum Gasteiger partial charge on any atom is -0.392 e. The Hall–Kier alpha value is -1.36. The third kappa shape index (κ3) is 3.06. The second-order valence-electron chi connectivity index (χ2n) is 4.72.